The molecule has 1 aromatic heterocycles. The molecule has 0 unspecified atom stereocenters. The van der Waals surface area contributed by atoms with Gasteiger partial charge in [0.1, 0.15) is 0 Å². The summed E-state index contributed by atoms with van der Waals surface area (Å²) >= 11 is 0. The molecule has 0 aliphatic carbocycles. The summed E-state index contributed by atoms with van der Waals surface area (Å²) in [7, 11) is 0. The van der Waals surface area contributed by atoms with Crippen LogP contribution in [0.25, 0.3) is 0 Å². The summed E-state index contributed by atoms with van der Waals surface area (Å²) in [6, 6.07) is 1.60. The van der Waals surface area contributed by atoms with Crippen molar-refractivity contribution in [2.75, 3.05) is 0 Å². The average molecular weight is 213 g/mol. The van der Waals surface area contributed by atoms with Crippen molar-refractivity contribution in [3.8, 4) is 0 Å². The molecule has 0 aliphatic heterocycles. The van der Waals surface area contributed by atoms with E-state index >= 15 is 0 Å². The fourth-order valence-corrected chi connectivity index (χ4v) is 1.01. The number of aromatic nitrogens is 2. The summed E-state index contributed by atoms with van der Waals surface area (Å²) in [4.78, 5) is 20.4. The fourth-order valence-electron chi connectivity index (χ4n) is 1.01. The first-order valence-corrected chi connectivity index (χ1v) is 4.70. The van der Waals surface area contributed by atoms with Gasteiger partial charge in [-0.05, 0) is 27.7 Å². The van der Waals surface area contributed by atoms with Crippen LogP contribution < -0.4 is 11.3 Å². The molecule has 5 heteroatoms. The highest BCUT2D eigenvalue weighted by Crippen LogP contribution is 2.08. The second kappa shape index (κ2) is 4.82. The Morgan fingerprint density at radius 1 is 1.47 bits per heavy atom. The Balaban J connectivity index is 0.000000423. The predicted molar refractivity (Wildman–Crippen MR) is 59.7 cm³/mol. The van der Waals surface area contributed by atoms with Gasteiger partial charge in [0.15, 0.2) is 0 Å². The summed E-state index contributed by atoms with van der Waals surface area (Å²) in [5, 5.41) is 2.99. The van der Waals surface area contributed by atoms with E-state index in [0.717, 1.165) is 5.69 Å². The van der Waals surface area contributed by atoms with Gasteiger partial charge in [0.05, 0.1) is 5.54 Å². The van der Waals surface area contributed by atoms with Crippen LogP contribution in [0, 0.1) is 6.92 Å². The van der Waals surface area contributed by atoms with Crippen LogP contribution in [-0.4, -0.2) is 15.7 Å². The zero-order valence-corrected chi connectivity index (χ0v) is 9.92. The Bertz CT molecular complexity index is 378. The molecule has 3 N–H and O–H groups in total. The lowest BCUT2D eigenvalue weighted by Gasteiger charge is -2.18. The highest BCUT2D eigenvalue weighted by molar-refractivity contribution is 5.70. The van der Waals surface area contributed by atoms with E-state index in [0.29, 0.717) is 0 Å². The second-order valence-electron chi connectivity index (χ2n) is 4.39. The molecule has 0 radical (unpaired) electrons. The second-order valence-corrected chi connectivity index (χ2v) is 4.39. The van der Waals surface area contributed by atoms with Gasteiger partial charge in [0.2, 0.25) is 5.91 Å². The Kier molecular flexibility index (Phi) is 4.33. The number of carbonyl (C=O) groups is 1. The van der Waals surface area contributed by atoms with Crippen LogP contribution in [0.1, 0.15) is 33.4 Å². The lowest BCUT2D eigenvalue weighted by Crippen LogP contribution is -2.32. The molecule has 0 saturated heterocycles. The zero-order chi connectivity index (χ0) is 12.2. The number of nitrogens with zero attached hydrogens (tertiary/aromatic N) is 1. The molecule has 1 amide bonds. The summed E-state index contributed by atoms with van der Waals surface area (Å²) in [5.74, 6) is -0.333. The van der Waals surface area contributed by atoms with Gasteiger partial charge in [-0.25, -0.2) is 4.68 Å². The number of H-pyrrole nitrogens is 1. The first kappa shape index (κ1) is 13.5. The maximum absolute atomic E-state index is 11.2. The molecule has 1 heterocycles. The van der Waals surface area contributed by atoms with Crippen molar-refractivity contribution in [2.24, 2.45) is 5.73 Å². The van der Waals surface area contributed by atoms with E-state index in [-0.39, 0.29) is 17.0 Å². The number of rotatable bonds is 0. The largest absolute Gasteiger partial charge is 0.370 e. The number of primary amides is 1. The third kappa shape index (κ3) is 5.05. The minimum absolute atomic E-state index is 0.0370. The first-order valence-electron chi connectivity index (χ1n) is 4.70. The summed E-state index contributed by atoms with van der Waals surface area (Å²) in [5.41, 5.74) is 5.27. The van der Waals surface area contributed by atoms with Crippen molar-refractivity contribution in [3.63, 3.8) is 0 Å². The van der Waals surface area contributed by atoms with Crippen LogP contribution in [0.2, 0.25) is 0 Å². The van der Waals surface area contributed by atoms with Crippen LogP contribution in [0.5, 0.6) is 0 Å². The molecule has 0 fully saturated rings. The topological polar surface area (TPSA) is 80.9 Å². The number of aromatic amines is 1. The standard InChI is InChI=1S/C8H14N2O.C2H5NO/c1-6-5-7(11)10(9-6)8(2,3)4;1-2(3)4/h5,9H,1-4H3;1H3,(H2,3,4). The monoisotopic (exact) mass is 213 g/mol. The van der Waals surface area contributed by atoms with Gasteiger partial charge >= 0.3 is 0 Å². The molecule has 15 heavy (non-hydrogen) atoms. The number of nitrogens with one attached hydrogen (secondary N) is 1. The summed E-state index contributed by atoms with van der Waals surface area (Å²) in [6.45, 7) is 9.16. The quantitative estimate of drug-likeness (QED) is 0.666. The number of hydrogen-bond donors (Lipinski definition) is 2. The maximum atomic E-state index is 11.2. The SMILES string of the molecule is CC(N)=O.Cc1cc(=O)n(C(C)(C)C)[nH]1. The molecular formula is C10H19N3O2. The lowest BCUT2D eigenvalue weighted by molar-refractivity contribution is -0.115. The molecule has 0 bridgehead atoms. The van der Waals surface area contributed by atoms with Crippen molar-refractivity contribution >= 4 is 5.91 Å². The Labute approximate surface area is 89.3 Å². The van der Waals surface area contributed by atoms with E-state index in [9.17, 15) is 9.59 Å². The lowest BCUT2D eigenvalue weighted by atomic mass is 10.1. The van der Waals surface area contributed by atoms with Gasteiger partial charge in [-0.3, -0.25) is 14.7 Å². The summed E-state index contributed by atoms with van der Waals surface area (Å²) < 4.78 is 1.63. The molecule has 1 aromatic rings. The van der Waals surface area contributed by atoms with Gasteiger partial charge < -0.3 is 5.73 Å². The van der Waals surface area contributed by atoms with Crippen LogP contribution in [0.3, 0.4) is 0 Å². The first-order chi connectivity index (χ1) is 6.64. The summed E-state index contributed by atoms with van der Waals surface area (Å²) in [6.07, 6.45) is 0. The van der Waals surface area contributed by atoms with Crippen molar-refractivity contribution in [2.45, 2.75) is 40.2 Å². The van der Waals surface area contributed by atoms with E-state index in [1.807, 2.05) is 27.7 Å². The molecule has 0 atom stereocenters. The highest BCUT2D eigenvalue weighted by Gasteiger charge is 2.15. The minimum atomic E-state index is -0.333. The molecular weight excluding hydrogens is 194 g/mol. The van der Waals surface area contributed by atoms with E-state index < -0.39 is 0 Å². The van der Waals surface area contributed by atoms with E-state index in [4.69, 9.17) is 0 Å². The minimum Gasteiger partial charge on any atom is -0.370 e. The van der Waals surface area contributed by atoms with Crippen molar-refractivity contribution in [1.82, 2.24) is 9.78 Å². The number of hydrogen-bond acceptors (Lipinski definition) is 2. The number of amides is 1. The van der Waals surface area contributed by atoms with E-state index in [1.54, 1.807) is 10.7 Å². The highest BCUT2D eigenvalue weighted by atomic mass is 16.1. The van der Waals surface area contributed by atoms with Crippen LogP contribution >= 0.6 is 0 Å². The average Bonchev–Trinajstić information content (AvgIpc) is 2.26. The Morgan fingerprint density at radius 2 is 1.87 bits per heavy atom. The van der Waals surface area contributed by atoms with Gasteiger partial charge in [-0.2, -0.15) is 0 Å². The molecule has 86 valence electrons. The molecule has 0 aliphatic rings. The van der Waals surface area contributed by atoms with E-state index in [1.165, 1.54) is 6.92 Å². The van der Waals surface area contributed by atoms with Gasteiger partial charge in [0.25, 0.3) is 5.56 Å². The number of carbonyl (C=O) groups excluding carboxylic acids is 1. The maximum Gasteiger partial charge on any atom is 0.267 e. The molecule has 0 spiro atoms. The Morgan fingerprint density at radius 3 is 2.00 bits per heavy atom. The van der Waals surface area contributed by atoms with Crippen LogP contribution in [0.4, 0.5) is 0 Å². The normalized spacial score (nSPS) is 10.5. The third-order valence-corrected chi connectivity index (χ3v) is 1.52. The molecule has 5 nitrogen and oxygen atoms in total. The van der Waals surface area contributed by atoms with Gasteiger partial charge in [0, 0.05) is 18.7 Å². The van der Waals surface area contributed by atoms with Gasteiger partial charge in [-0.1, -0.05) is 0 Å². The number of aryl methyl sites for hydroxylation is 1. The predicted octanol–water partition coefficient (Wildman–Crippen LogP) is 0.731. The number of nitrogens with two attached hydrogens (primary N) is 1. The smallest absolute Gasteiger partial charge is 0.267 e. The molecule has 0 saturated carbocycles. The van der Waals surface area contributed by atoms with Crippen LogP contribution in [0.15, 0.2) is 10.9 Å². The third-order valence-electron chi connectivity index (χ3n) is 1.52. The fraction of sp³-hybridized carbons (Fsp3) is 0.600. The van der Waals surface area contributed by atoms with Crippen LogP contribution in [-0.2, 0) is 10.3 Å². The van der Waals surface area contributed by atoms with Crippen molar-refractivity contribution < 1.29 is 4.79 Å². The van der Waals surface area contributed by atoms with Crippen molar-refractivity contribution in [1.29, 1.82) is 0 Å². The Hall–Kier alpha value is -1.52. The van der Waals surface area contributed by atoms with E-state index in [2.05, 4.69) is 10.8 Å². The van der Waals surface area contributed by atoms with Gasteiger partial charge in [-0.15, -0.1) is 0 Å². The molecule has 1 rings (SSSR count). The molecule has 0 aromatic carbocycles. The van der Waals surface area contributed by atoms with Crippen molar-refractivity contribution in [3.05, 3.63) is 22.1 Å². The zero-order valence-electron chi connectivity index (χ0n) is 9.92.